The predicted octanol–water partition coefficient (Wildman–Crippen LogP) is 3.93. The number of aromatic nitrogens is 2. The number of nitrogens with one attached hydrogen (secondary N) is 1. The zero-order valence-electron chi connectivity index (χ0n) is 19.9. The number of nitrogens with two attached hydrogens (primary N) is 1. The zero-order chi connectivity index (χ0) is 24.5. The minimum absolute atomic E-state index is 0.341. The van der Waals surface area contributed by atoms with Crippen LogP contribution in [0.4, 0.5) is 11.4 Å². The van der Waals surface area contributed by atoms with Gasteiger partial charge in [0.15, 0.2) is 0 Å². The molecule has 0 bridgehead atoms. The van der Waals surface area contributed by atoms with Crippen molar-refractivity contribution < 1.29 is 9.53 Å². The SMILES string of the molecule is NC(=O)c1ccc(N2CCN(Cc3cnc4c(c3)NC(Oc3ccccc3)n3cccc3-4)CC2)cc1. The number of pyridine rings is 1. The van der Waals surface area contributed by atoms with E-state index in [0.717, 1.165) is 61.2 Å². The highest BCUT2D eigenvalue weighted by Gasteiger charge is 2.26. The molecule has 8 heteroatoms. The highest BCUT2D eigenvalue weighted by atomic mass is 16.5. The maximum Gasteiger partial charge on any atom is 0.254 e. The van der Waals surface area contributed by atoms with Gasteiger partial charge in [0.2, 0.25) is 5.91 Å². The smallest absolute Gasteiger partial charge is 0.254 e. The molecule has 1 amide bonds. The number of rotatable bonds is 6. The fraction of sp³-hybridized carbons (Fsp3) is 0.214. The van der Waals surface area contributed by atoms with Gasteiger partial charge in [-0.25, -0.2) is 0 Å². The van der Waals surface area contributed by atoms with Gasteiger partial charge in [0, 0.05) is 56.4 Å². The molecule has 1 saturated heterocycles. The Kier molecular flexibility index (Phi) is 5.79. The predicted molar refractivity (Wildman–Crippen MR) is 140 cm³/mol. The molecule has 0 aliphatic carbocycles. The molecular weight excluding hydrogens is 452 g/mol. The van der Waals surface area contributed by atoms with Crippen LogP contribution in [0.2, 0.25) is 0 Å². The van der Waals surface area contributed by atoms with Gasteiger partial charge in [0.05, 0.1) is 11.4 Å². The van der Waals surface area contributed by atoms with E-state index >= 15 is 0 Å². The molecule has 0 radical (unpaired) electrons. The van der Waals surface area contributed by atoms with Crippen molar-refractivity contribution in [2.45, 2.75) is 12.9 Å². The molecule has 8 nitrogen and oxygen atoms in total. The van der Waals surface area contributed by atoms with Crippen LogP contribution >= 0.6 is 0 Å². The number of ether oxygens (including phenoxy) is 1. The third kappa shape index (κ3) is 4.38. The molecular formula is C28H28N6O2. The normalized spacial score (nSPS) is 17.1. The number of hydrogen-bond acceptors (Lipinski definition) is 6. The summed E-state index contributed by atoms with van der Waals surface area (Å²) in [4.78, 5) is 20.9. The molecule has 2 aliphatic heterocycles. The van der Waals surface area contributed by atoms with E-state index in [-0.39, 0.29) is 6.35 Å². The molecule has 36 heavy (non-hydrogen) atoms. The Morgan fingerprint density at radius 3 is 2.53 bits per heavy atom. The van der Waals surface area contributed by atoms with Gasteiger partial charge >= 0.3 is 0 Å². The standard InChI is InChI=1S/C28H28N6O2/c29-27(35)21-8-10-22(11-9-21)33-15-13-32(14-16-33)19-20-17-24-26(30-18-20)25-7-4-12-34(25)28(31-24)36-23-5-2-1-3-6-23/h1-12,17-18,28,31H,13-16,19H2,(H2,29,35). The molecule has 6 rings (SSSR count). The van der Waals surface area contributed by atoms with Crippen LogP contribution in [-0.2, 0) is 6.54 Å². The first-order chi connectivity index (χ1) is 17.6. The van der Waals surface area contributed by atoms with Crippen LogP contribution in [-0.4, -0.2) is 46.5 Å². The van der Waals surface area contributed by atoms with Crippen molar-refractivity contribution >= 4 is 17.3 Å². The van der Waals surface area contributed by atoms with Crippen LogP contribution in [0, 0.1) is 0 Å². The van der Waals surface area contributed by atoms with Crippen molar-refractivity contribution in [2.75, 3.05) is 36.4 Å². The summed E-state index contributed by atoms with van der Waals surface area (Å²) in [5.74, 6) is 0.412. The number of piperazine rings is 1. The highest BCUT2D eigenvalue weighted by Crippen LogP contribution is 2.36. The number of hydrogen-bond donors (Lipinski definition) is 2. The first kappa shape index (κ1) is 22.2. The van der Waals surface area contributed by atoms with Crippen LogP contribution in [0.1, 0.15) is 22.3 Å². The number of anilines is 2. The second kappa shape index (κ2) is 9.39. The minimum atomic E-state index is -0.398. The molecule has 4 aromatic rings. The number of fused-ring (bicyclic) bond motifs is 3. The molecule has 3 N–H and O–H groups in total. The Labute approximate surface area is 209 Å². The van der Waals surface area contributed by atoms with Gasteiger partial charge in [-0.05, 0) is 60.2 Å². The topological polar surface area (TPSA) is 88.7 Å². The van der Waals surface area contributed by atoms with Gasteiger partial charge in [-0.1, -0.05) is 18.2 Å². The van der Waals surface area contributed by atoms with Crippen molar-refractivity contribution in [2.24, 2.45) is 5.73 Å². The van der Waals surface area contributed by atoms with Crippen LogP contribution in [0.25, 0.3) is 11.4 Å². The summed E-state index contributed by atoms with van der Waals surface area (Å²) in [6.45, 7) is 4.58. The number of carbonyl (C=O) groups is 1. The molecule has 0 saturated carbocycles. The molecule has 1 fully saturated rings. The van der Waals surface area contributed by atoms with E-state index in [1.807, 2.05) is 60.9 Å². The minimum Gasteiger partial charge on any atom is -0.452 e. The number of carbonyl (C=O) groups excluding carboxylic acids is 1. The van der Waals surface area contributed by atoms with Crippen molar-refractivity contribution in [3.05, 3.63) is 96.3 Å². The van der Waals surface area contributed by atoms with Gasteiger partial charge in [-0.15, -0.1) is 0 Å². The lowest BCUT2D eigenvalue weighted by Crippen LogP contribution is -2.46. The molecule has 1 unspecified atom stereocenters. The van der Waals surface area contributed by atoms with Crippen LogP contribution in [0.15, 0.2) is 85.2 Å². The van der Waals surface area contributed by atoms with Gasteiger partial charge in [0.1, 0.15) is 11.4 Å². The maximum absolute atomic E-state index is 11.3. The van der Waals surface area contributed by atoms with Gasteiger partial charge < -0.3 is 20.7 Å². The summed E-state index contributed by atoms with van der Waals surface area (Å²) in [5, 5.41) is 3.53. The van der Waals surface area contributed by atoms with Crippen molar-refractivity contribution in [3.8, 4) is 17.1 Å². The van der Waals surface area contributed by atoms with Crippen LogP contribution in [0.3, 0.4) is 0 Å². The Morgan fingerprint density at radius 1 is 1.00 bits per heavy atom. The fourth-order valence-corrected chi connectivity index (χ4v) is 4.88. The summed E-state index contributed by atoms with van der Waals surface area (Å²) in [6, 6.07) is 23.6. The van der Waals surface area contributed by atoms with Gasteiger partial charge in [-0.2, -0.15) is 0 Å². The van der Waals surface area contributed by atoms with E-state index in [4.69, 9.17) is 15.5 Å². The Bertz CT molecular complexity index is 1360. The summed E-state index contributed by atoms with van der Waals surface area (Å²) in [7, 11) is 0. The molecule has 4 heterocycles. The summed E-state index contributed by atoms with van der Waals surface area (Å²) < 4.78 is 8.31. The first-order valence-corrected chi connectivity index (χ1v) is 12.2. The molecule has 182 valence electrons. The fourth-order valence-electron chi connectivity index (χ4n) is 4.88. The molecule has 2 aromatic heterocycles. The third-order valence-electron chi connectivity index (χ3n) is 6.78. The average Bonchev–Trinajstić information content (AvgIpc) is 3.41. The lowest BCUT2D eigenvalue weighted by atomic mass is 10.1. The second-order valence-electron chi connectivity index (χ2n) is 9.14. The van der Waals surface area contributed by atoms with Gasteiger partial charge in [-0.3, -0.25) is 19.2 Å². The monoisotopic (exact) mass is 480 g/mol. The molecule has 2 aliphatic rings. The number of primary amides is 1. The van der Waals surface area contributed by atoms with Crippen molar-refractivity contribution in [1.82, 2.24) is 14.5 Å². The van der Waals surface area contributed by atoms with Crippen LogP contribution in [0.5, 0.6) is 5.75 Å². The highest BCUT2D eigenvalue weighted by molar-refractivity contribution is 5.93. The van der Waals surface area contributed by atoms with E-state index in [1.165, 1.54) is 5.56 Å². The lowest BCUT2D eigenvalue weighted by Gasteiger charge is -2.36. The maximum atomic E-state index is 11.3. The first-order valence-electron chi connectivity index (χ1n) is 12.2. The largest absolute Gasteiger partial charge is 0.452 e. The number of amides is 1. The van der Waals surface area contributed by atoms with Gasteiger partial charge in [0.25, 0.3) is 6.35 Å². The Balaban J connectivity index is 1.13. The molecule has 1 atom stereocenters. The number of para-hydroxylation sites is 1. The zero-order valence-corrected chi connectivity index (χ0v) is 19.9. The summed E-state index contributed by atoms with van der Waals surface area (Å²) in [5.41, 5.74) is 11.1. The Morgan fingerprint density at radius 2 is 1.78 bits per heavy atom. The quantitative estimate of drug-likeness (QED) is 0.435. The van der Waals surface area contributed by atoms with E-state index in [0.29, 0.717) is 5.56 Å². The Hall–Kier alpha value is -4.30. The summed E-state index contributed by atoms with van der Waals surface area (Å²) in [6.07, 6.45) is 3.65. The van der Waals surface area contributed by atoms with Crippen molar-refractivity contribution in [1.29, 1.82) is 0 Å². The second-order valence-corrected chi connectivity index (χ2v) is 9.14. The average molecular weight is 481 g/mol. The molecule has 2 aromatic carbocycles. The van der Waals surface area contributed by atoms with E-state index < -0.39 is 5.91 Å². The lowest BCUT2D eigenvalue weighted by molar-refractivity contribution is 0.100. The number of benzene rings is 2. The van der Waals surface area contributed by atoms with E-state index in [2.05, 4.69) is 31.8 Å². The van der Waals surface area contributed by atoms with E-state index in [1.54, 1.807) is 12.1 Å². The summed E-state index contributed by atoms with van der Waals surface area (Å²) >= 11 is 0. The van der Waals surface area contributed by atoms with Crippen LogP contribution < -0.4 is 20.7 Å². The third-order valence-corrected chi connectivity index (χ3v) is 6.78. The molecule has 0 spiro atoms. The van der Waals surface area contributed by atoms with Crippen molar-refractivity contribution in [3.63, 3.8) is 0 Å². The number of nitrogens with zero attached hydrogens (tertiary/aromatic N) is 4. The van der Waals surface area contributed by atoms with E-state index in [9.17, 15) is 4.79 Å².